The topological polar surface area (TPSA) is 42.0 Å². The molecule has 2 aromatic carbocycles. The Kier molecular flexibility index (Phi) is 5.83. The van der Waals surface area contributed by atoms with Crippen LogP contribution in [0.4, 0.5) is 5.69 Å². The lowest BCUT2D eigenvalue weighted by molar-refractivity contribution is -0.143. The number of ether oxygens (including phenoxy) is 2. The van der Waals surface area contributed by atoms with Crippen molar-refractivity contribution in [2.45, 2.75) is 35.9 Å². The van der Waals surface area contributed by atoms with Crippen LogP contribution >= 0.6 is 23.5 Å². The second kappa shape index (κ2) is 8.11. The summed E-state index contributed by atoms with van der Waals surface area (Å²) in [7, 11) is 1.65. The van der Waals surface area contributed by atoms with Gasteiger partial charge in [0.15, 0.2) is 4.20 Å². The Bertz CT molecular complexity index is 900. The highest BCUT2D eigenvalue weighted by molar-refractivity contribution is 8.18. The highest BCUT2D eigenvalue weighted by atomic mass is 32.2. The monoisotopic (exact) mass is 444 g/mol. The van der Waals surface area contributed by atoms with Crippen molar-refractivity contribution < 1.29 is 14.3 Å². The van der Waals surface area contributed by atoms with Gasteiger partial charge in [-0.05, 0) is 56.2 Å². The van der Waals surface area contributed by atoms with Crippen LogP contribution < -0.4 is 9.64 Å². The largest absolute Gasteiger partial charge is 0.497 e. The molecule has 160 valence electrons. The minimum atomic E-state index is -0.538. The first-order valence-corrected chi connectivity index (χ1v) is 12.4. The van der Waals surface area contributed by atoms with E-state index in [-0.39, 0.29) is 18.0 Å². The molecule has 2 fully saturated rings. The van der Waals surface area contributed by atoms with Crippen LogP contribution in [0, 0.1) is 0 Å². The van der Waals surface area contributed by atoms with Crippen LogP contribution in [0.1, 0.15) is 25.5 Å². The third-order valence-electron chi connectivity index (χ3n) is 6.04. The molecule has 0 radical (unpaired) electrons. The Morgan fingerprint density at radius 1 is 1.03 bits per heavy atom. The summed E-state index contributed by atoms with van der Waals surface area (Å²) >= 11 is 3.42. The van der Waals surface area contributed by atoms with Crippen LogP contribution in [0.2, 0.25) is 0 Å². The normalized spacial score (nSPS) is 25.2. The average Bonchev–Trinajstić information content (AvgIpc) is 3.07. The van der Waals surface area contributed by atoms with Gasteiger partial charge in [-0.25, -0.2) is 0 Å². The summed E-state index contributed by atoms with van der Waals surface area (Å²) in [5.41, 5.74) is 1.52. The van der Waals surface area contributed by atoms with Crippen molar-refractivity contribution in [2.24, 2.45) is 0 Å². The fourth-order valence-electron chi connectivity index (χ4n) is 4.55. The number of hydrogen-bond donors (Lipinski definition) is 0. The van der Waals surface area contributed by atoms with Crippen molar-refractivity contribution in [3.8, 4) is 5.75 Å². The maximum Gasteiger partial charge on any atom is 0.250 e. The van der Waals surface area contributed by atoms with Crippen molar-refractivity contribution in [3.63, 3.8) is 0 Å². The predicted octanol–water partition coefficient (Wildman–Crippen LogP) is 4.60. The standard InChI is InChI=1S/C23H28N2O3S2/c1-22(2)25(19(15-28-22)16-9-7-6-8-10-16)20-21(26)24(23(20,29-4)30-5)17-11-13-18(27-3)14-12-17/h6-14,19-20H,15H2,1-5H3/t19-,20-/m1/s1. The van der Waals surface area contributed by atoms with E-state index in [1.165, 1.54) is 5.56 Å². The molecule has 2 aliphatic heterocycles. The van der Waals surface area contributed by atoms with Gasteiger partial charge in [-0.15, -0.1) is 23.5 Å². The Morgan fingerprint density at radius 3 is 2.23 bits per heavy atom. The number of β-lactam (4-membered cyclic amide) rings is 1. The molecule has 30 heavy (non-hydrogen) atoms. The van der Waals surface area contributed by atoms with Crippen LogP contribution in [0.5, 0.6) is 5.75 Å². The van der Waals surface area contributed by atoms with Crippen molar-refractivity contribution in [1.82, 2.24) is 4.90 Å². The van der Waals surface area contributed by atoms with Gasteiger partial charge in [0.25, 0.3) is 5.91 Å². The van der Waals surface area contributed by atoms with Gasteiger partial charge < -0.3 is 9.47 Å². The van der Waals surface area contributed by atoms with Crippen molar-refractivity contribution in [2.75, 3.05) is 31.1 Å². The van der Waals surface area contributed by atoms with E-state index in [9.17, 15) is 4.79 Å². The third-order valence-corrected chi connectivity index (χ3v) is 9.02. The second-order valence-electron chi connectivity index (χ2n) is 7.90. The SMILES string of the molecule is COc1ccc(N2C(=O)[C@@H](N3[C@@H](c4ccccc4)COC3(C)C)C2(SC)SC)cc1. The number of thioether (sulfide) groups is 2. The van der Waals surface area contributed by atoms with Crippen molar-refractivity contribution >= 4 is 35.1 Å². The quantitative estimate of drug-likeness (QED) is 0.479. The molecule has 0 aliphatic carbocycles. The second-order valence-corrected chi connectivity index (χ2v) is 10.2. The van der Waals surface area contributed by atoms with Crippen LogP contribution in [0.15, 0.2) is 54.6 Å². The fraction of sp³-hybridized carbons (Fsp3) is 0.435. The molecule has 4 rings (SSSR count). The van der Waals surface area contributed by atoms with Gasteiger partial charge in [0, 0.05) is 5.69 Å². The molecular formula is C23H28N2O3S2. The summed E-state index contributed by atoms with van der Waals surface area (Å²) in [5.74, 6) is 0.878. The van der Waals surface area contributed by atoms with E-state index in [0.717, 1.165) is 11.4 Å². The van der Waals surface area contributed by atoms with Gasteiger partial charge in [-0.3, -0.25) is 14.6 Å². The molecule has 2 saturated heterocycles. The number of nitrogens with zero attached hydrogens (tertiary/aromatic N) is 2. The van der Waals surface area contributed by atoms with E-state index in [2.05, 4.69) is 43.4 Å². The van der Waals surface area contributed by atoms with Gasteiger partial charge in [-0.1, -0.05) is 30.3 Å². The number of benzene rings is 2. The molecule has 2 atom stereocenters. The Labute approximate surface area is 187 Å². The predicted molar refractivity (Wildman–Crippen MR) is 125 cm³/mol. The molecule has 2 aromatic rings. The molecule has 0 bridgehead atoms. The third kappa shape index (κ3) is 3.23. The molecule has 0 saturated carbocycles. The van der Waals surface area contributed by atoms with Crippen molar-refractivity contribution in [1.29, 1.82) is 0 Å². The van der Waals surface area contributed by atoms with Gasteiger partial charge >= 0.3 is 0 Å². The molecule has 0 N–H and O–H groups in total. The first-order valence-electron chi connectivity index (χ1n) is 9.95. The average molecular weight is 445 g/mol. The van der Waals surface area contributed by atoms with Crippen LogP contribution in [-0.4, -0.2) is 53.0 Å². The van der Waals surface area contributed by atoms with Crippen LogP contribution in [0.25, 0.3) is 0 Å². The molecule has 0 aromatic heterocycles. The zero-order valence-corrected chi connectivity index (χ0v) is 19.6. The summed E-state index contributed by atoms with van der Waals surface area (Å²) in [6.45, 7) is 4.69. The first kappa shape index (κ1) is 21.6. The first-order chi connectivity index (χ1) is 14.4. The molecule has 2 aliphatic rings. The molecule has 2 heterocycles. The van der Waals surface area contributed by atoms with E-state index in [4.69, 9.17) is 9.47 Å². The molecule has 0 unspecified atom stereocenters. The highest BCUT2D eigenvalue weighted by Gasteiger charge is 2.67. The Balaban J connectivity index is 1.74. The summed E-state index contributed by atoms with van der Waals surface area (Å²) in [4.78, 5) is 17.9. The lowest BCUT2D eigenvalue weighted by atomic mass is 9.96. The van der Waals surface area contributed by atoms with Gasteiger partial charge in [0.2, 0.25) is 0 Å². The molecule has 1 amide bonds. The van der Waals surface area contributed by atoms with E-state index in [0.29, 0.717) is 6.61 Å². The fourth-order valence-corrected chi connectivity index (χ4v) is 6.84. The Hall–Kier alpha value is -1.67. The maximum absolute atomic E-state index is 13.7. The number of hydrogen-bond acceptors (Lipinski definition) is 6. The number of amides is 1. The Morgan fingerprint density at radius 2 is 1.67 bits per heavy atom. The maximum atomic E-state index is 13.7. The number of carbonyl (C=O) groups excluding carboxylic acids is 1. The summed E-state index contributed by atoms with van der Waals surface area (Å²) < 4.78 is 11.0. The zero-order valence-electron chi connectivity index (χ0n) is 18.0. The van der Waals surface area contributed by atoms with E-state index < -0.39 is 9.93 Å². The van der Waals surface area contributed by atoms with Gasteiger partial charge in [0.05, 0.1) is 19.8 Å². The summed E-state index contributed by atoms with van der Waals surface area (Å²) in [5, 5.41) is 0. The number of rotatable bonds is 6. The van der Waals surface area contributed by atoms with Crippen molar-refractivity contribution in [3.05, 3.63) is 60.2 Å². The molecule has 0 spiro atoms. The highest BCUT2D eigenvalue weighted by Crippen LogP contribution is 2.56. The minimum Gasteiger partial charge on any atom is -0.497 e. The number of methoxy groups -OCH3 is 1. The lowest BCUT2D eigenvalue weighted by Gasteiger charge is -2.60. The van der Waals surface area contributed by atoms with E-state index in [1.54, 1.807) is 30.6 Å². The van der Waals surface area contributed by atoms with E-state index >= 15 is 0 Å². The van der Waals surface area contributed by atoms with Crippen LogP contribution in [0.3, 0.4) is 0 Å². The van der Waals surface area contributed by atoms with E-state index in [1.807, 2.05) is 47.4 Å². The summed E-state index contributed by atoms with van der Waals surface area (Å²) in [6, 6.07) is 17.8. The molecule has 7 heteroatoms. The minimum absolute atomic E-state index is 0.0341. The van der Waals surface area contributed by atoms with Gasteiger partial charge in [-0.2, -0.15) is 0 Å². The summed E-state index contributed by atoms with van der Waals surface area (Å²) in [6.07, 6.45) is 4.15. The molecule has 5 nitrogen and oxygen atoms in total. The van der Waals surface area contributed by atoms with Crippen LogP contribution in [-0.2, 0) is 9.53 Å². The number of anilines is 1. The number of carbonyl (C=O) groups is 1. The molecular weight excluding hydrogens is 416 g/mol. The lowest BCUT2D eigenvalue weighted by Crippen LogP contribution is -2.78. The van der Waals surface area contributed by atoms with Gasteiger partial charge in [0.1, 0.15) is 17.5 Å². The zero-order chi connectivity index (χ0) is 21.5. The smallest absolute Gasteiger partial charge is 0.250 e.